The molecule has 1 saturated heterocycles. The van der Waals surface area contributed by atoms with Crippen molar-refractivity contribution in [1.29, 1.82) is 0 Å². The standard InChI is InChI=1S/C12H19N3O2/c1-8(13-2)9-3-4-12(14-5-9)15-6-10(16)11(17)7-15/h3-5,8,10-11,13,16-17H,6-7H2,1-2H3. The van der Waals surface area contributed by atoms with Crippen molar-refractivity contribution in [3.8, 4) is 0 Å². The van der Waals surface area contributed by atoms with E-state index in [0.29, 0.717) is 13.1 Å². The summed E-state index contributed by atoms with van der Waals surface area (Å²) in [7, 11) is 1.91. The minimum Gasteiger partial charge on any atom is -0.389 e. The van der Waals surface area contributed by atoms with E-state index >= 15 is 0 Å². The van der Waals surface area contributed by atoms with Crippen LogP contribution in [0.25, 0.3) is 0 Å². The summed E-state index contributed by atoms with van der Waals surface area (Å²) in [5.74, 6) is 0.799. The van der Waals surface area contributed by atoms with Crippen LogP contribution in [0.5, 0.6) is 0 Å². The van der Waals surface area contributed by atoms with Crippen LogP contribution in [-0.2, 0) is 0 Å². The first-order valence-corrected chi connectivity index (χ1v) is 5.86. The van der Waals surface area contributed by atoms with Crippen LogP contribution in [-0.4, -0.2) is 47.5 Å². The summed E-state index contributed by atoms with van der Waals surface area (Å²) in [6.45, 7) is 2.95. The molecule has 2 heterocycles. The van der Waals surface area contributed by atoms with E-state index in [2.05, 4.69) is 17.2 Å². The van der Waals surface area contributed by atoms with Crippen LogP contribution in [0.2, 0.25) is 0 Å². The lowest BCUT2D eigenvalue weighted by molar-refractivity contribution is 0.0572. The van der Waals surface area contributed by atoms with Gasteiger partial charge in [-0.15, -0.1) is 0 Å². The summed E-state index contributed by atoms with van der Waals surface area (Å²) < 4.78 is 0. The molecule has 0 aromatic carbocycles. The number of nitrogens with zero attached hydrogens (tertiary/aromatic N) is 2. The lowest BCUT2D eigenvalue weighted by atomic mass is 10.1. The first-order chi connectivity index (χ1) is 8.11. The molecular weight excluding hydrogens is 218 g/mol. The molecule has 0 bridgehead atoms. The molecule has 3 atom stereocenters. The Morgan fingerprint density at radius 2 is 2.00 bits per heavy atom. The molecule has 0 spiro atoms. The lowest BCUT2D eigenvalue weighted by Crippen LogP contribution is -2.22. The van der Waals surface area contributed by atoms with Gasteiger partial charge in [-0.2, -0.15) is 0 Å². The Morgan fingerprint density at radius 3 is 2.47 bits per heavy atom. The van der Waals surface area contributed by atoms with Gasteiger partial charge in [0.15, 0.2) is 0 Å². The van der Waals surface area contributed by atoms with Crippen LogP contribution < -0.4 is 10.2 Å². The highest BCUT2D eigenvalue weighted by Crippen LogP contribution is 2.20. The third-order valence-electron chi connectivity index (χ3n) is 3.29. The van der Waals surface area contributed by atoms with Crippen molar-refractivity contribution in [2.75, 3.05) is 25.0 Å². The van der Waals surface area contributed by atoms with Gasteiger partial charge in [0, 0.05) is 25.3 Å². The van der Waals surface area contributed by atoms with Gasteiger partial charge >= 0.3 is 0 Å². The highest BCUT2D eigenvalue weighted by molar-refractivity contribution is 5.41. The number of pyridine rings is 1. The van der Waals surface area contributed by atoms with Gasteiger partial charge < -0.3 is 20.4 Å². The second-order valence-corrected chi connectivity index (χ2v) is 4.50. The quantitative estimate of drug-likeness (QED) is 0.685. The van der Waals surface area contributed by atoms with Crippen LogP contribution in [0.3, 0.4) is 0 Å². The number of anilines is 1. The average molecular weight is 237 g/mol. The van der Waals surface area contributed by atoms with Gasteiger partial charge in [-0.05, 0) is 25.6 Å². The van der Waals surface area contributed by atoms with Gasteiger partial charge in [0.2, 0.25) is 0 Å². The molecule has 3 unspecified atom stereocenters. The van der Waals surface area contributed by atoms with Gasteiger partial charge in [-0.1, -0.05) is 6.07 Å². The smallest absolute Gasteiger partial charge is 0.128 e. The highest BCUT2D eigenvalue weighted by Gasteiger charge is 2.30. The number of nitrogens with one attached hydrogen (secondary N) is 1. The molecule has 17 heavy (non-hydrogen) atoms. The molecule has 1 aromatic heterocycles. The summed E-state index contributed by atoms with van der Waals surface area (Å²) in [5, 5.41) is 22.1. The summed E-state index contributed by atoms with van der Waals surface area (Å²) in [5.41, 5.74) is 1.12. The second kappa shape index (κ2) is 5.00. The molecule has 0 amide bonds. The van der Waals surface area contributed by atoms with E-state index in [-0.39, 0.29) is 6.04 Å². The van der Waals surface area contributed by atoms with Gasteiger partial charge in [0.25, 0.3) is 0 Å². The van der Waals surface area contributed by atoms with Crippen molar-refractivity contribution in [3.05, 3.63) is 23.9 Å². The van der Waals surface area contributed by atoms with Crippen LogP contribution >= 0.6 is 0 Å². The molecule has 1 fully saturated rings. The normalized spacial score (nSPS) is 26.2. The van der Waals surface area contributed by atoms with Crippen molar-refractivity contribution in [2.24, 2.45) is 0 Å². The van der Waals surface area contributed by atoms with Gasteiger partial charge in [0.1, 0.15) is 5.82 Å². The van der Waals surface area contributed by atoms with Crippen molar-refractivity contribution >= 4 is 5.82 Å². The fraction of sp³-hybridized carbons (Fsp3) is 0.583. The maximum absolute atomic E-state index is 9.48. The molecule has 1 aliphatic rings. The number of aliphatic hydroxyl groups is 2. The van der Waals surface area contributed by atoms with Crippen LogP contribution in [0.1, 0.15) is 18.5 Å². The molecule has 0 aliphatic carbocycles. The maximum atomic E-state index is 9.48. The summed E-state index contributed by atoms with van der Waals surface area (Å²) in [6.07, 6.45) is 0.480. The Morgan fingerprint density at radius 1 is 1.35 bits per heavy atom. The average Bonchev–Trinajstić information content (AvgIpc) is 2.69. The molecule has 0 saturated carbocycles. The van der Waals surface area contributed by atoms with Gasteiger partial charge in [-0.25, -0.2) is 4.98 Å². The maximum Gasteiger partial charge on any atom is 0.128 e. The highest BCUT2D eigenvalue weighted by atomic mass is 16.3. The van der Waals surface area contributed by atoms with Gasteiger partial charge in [-0.3, -0.25) is 0 Å². The number of aliphatic hydroxyl groups excluding tert-OH is 2. The Bertz CT molecular complexity index is 359. The number of aromatic nitrogens is 1. The van der Waals surface area contributed by atoms with E-state index in [4.69, 9.17) is 0 Å². The lowest BCUT2D eigenvalue weighted by Gasteiger charge is -2.17. The SMILES string of the molecule is CNC(C)c1ccc(N2CC(O)C(O)C2)nc1. The molecule has 2 rings (SSSR count). The van der Waals surface area contributed by atoms with Crippen molar-refractivity contribution < 1.29 is 10.2 Å². The summed E-state index contributed by atoms with van der Waals surface area (Å²) in [6, 6.07) is 4.21. The van der Waals surface area contributed by atoms with Crippen LogP contribution in [0.15, 0.2) is 18.3 Å². The number of β-amino-alcohol motifs (C(OH)–C–C–N with tert-alkyl or cyclic N) is 2. The van der Waals surface area contributed by atoms with Crippen molar-refractivity contribution in [1.82, 2.24) is 10.3 Å². The largest absolute Gasteiger partial charge is 0.389 e. The monoisotopic (exact) mass is 237 g/mol. The minimum absolute atomic E-state index is 0.270. The molecule has 3 N–H and O–H groups in total. The topological polar surface area (TPSA) is 68.6 Å². The van der Waals surface area contributed by atoms with E-state index in [1.54, 1.807) is 0 Å². The molecule has 94 valence electrons. The van der Waals surface area contributed by atoms with E-state index in [1.807, 2.05) is 30.3 Å². The fourth-order valence-corrected chi connectivity index (χ4v) is 1.96. The Labute approximate surface area is 101 Å². The Hall–Kier alpha value is -1.17. The first kappa shape index (κ1) is 12.3. The van der Waals surface area contributed by atoms with E-state index < -0.39 is 12.2 Å². The Balaban J connectivity index is 2.08. The molecule has 0 radical (unpaired) electrons. The number of rotatable bonds is 3. The van der Waals surface area contributed by atoms with Crippen molar-refractivity contribution in [3.63, 3.8) is 0 Å². The molecule has 1 aromatic rings. The van der Waals surface area contributed by atoms with Crippen LogP contribution in [0.4, 0.5) is 5.82 Å². The van der Waals surface area contributed by atoms with Gasteiger partial charge in [0.05, 0.1) is 12.2 Å². The molecule has 1 aliphatic heterocycles. The zero-order chi connectivity index (χ0) is 12.4. The Kier molecular flexibility index (Phi) is 3.61. The third-order valence-corrected chi connectivity index (χ3v) is 3.29. The molecule has 5 nitrogen and oxygen atoms in total. The molecular formula is C12H19N3O2. The summed E-state index contributed by atoms with van der Waals surface area (Å²) >= 11 is 0. The predicted octanol–water partition coefficient (Wildman–Crippen LogP) is -0.0962. The zero-order valence-electron chi connectivity index (χ0n) is 10.2. The number of hydrogen-bond donors (Lipinski definition) is 3. The number of hydrogen-bond acceptors (Lipinski definition) is 5. The van der Waals surface area contributed by atoms with Crippen molar-refractivity contribution in [2.45, 2.75) is 25.2 Å². The minimum atomic E-state index is -0.673. The van der Waals surface area contributed by atoms with Crippen LogP contribution in [0, 0.1) is 0 Å². The van der Waals surface area contributed by atoms with E-state index in [9.17, 15) is 10.2 Å². The first-order valence-electron chi connectivity index (χ1n) is 5.86. The molecule has 5 heteroatoms. The zero-order valence-corrected chi connectivity index (χ0v) is 10.2. The van der Waals surface area contributed by atoms with E-state index in [0.717, 1.165) is 11.4 Å². The van der Waals surface area contributed by atoms with E-state index in [1.165, 1.54) is 0 Å². The third kappa shape index (κ3) is 2.57. The second-order valence-electron chi connectivity index (χ2n) is 4.50. The summed E-state index contributed by atoms with van der Waals surface area (Å²) in [4.78, 5) is 6.25. The predicted molar refractivity (Wildman–Crippen MR) is 65.9 cm³/mol. The fourth-order valence-electron chi connectivity index (χ4n) is 1.96.